The zero-order valence-electron chi connectivity index (χ0n) is 11.6. The molecule has 0 amide bonds. The molecule has 18 heavy (non-hydrogen) atoms. The Morgan fingerprint density at radius 2 is 2.00 bits per heavy atom. The summed E-state index contributed by atoms with van der Waals surface area (Å²) in [6.07, 6.45) is 6.75. The Morgan fingerprint density at radius 3 is 2.61 bits per heavy atom. The first-order valence-electron chi connectivity index (χ1n) is 7.11. The van der Waals surface area contributed by atoms with Gasteiger partial charge < -0.3 is 5.32 Å². The van der Waals surface area contributed by atoms with Crippen LogP contribution in [-0.4, -0.2) is 6.54 Å². The van der Waals surface area contributed by atoms with Crippen LogP contribution in [0.1, 0.15) is 50.2 Å². The van der Waals surface area contributed by atoms with E-state index in [9.17, 15) is 4.39 Å². The van der Waals surface area contributed by atoms with Gasteiger partial charge in [0, 0.05) is 13.1 Å². The molecule has 1 aromatic carbocycles. The highest BCUT2D eigenvalue weighted by Gasteiger charge is 2.31. The summed E-state index contributed by atoms with van der Waals surface area (Å²) >= 11 is 0. The van der Waals surface area contributed by atoms with Crippen LogP contribution in [0.4, 0.5) is 4.39 Å². The first kappa shape index (κ1) is 13.5. The van der Waals surface area contributed by atoms with Crippen LogP contribution in [0.2, 0.25) is 0 Å². The molecule has 1 fully saturated rings. The minimum atomic E-state index is -0.112. The third-order valence-electron chi connectivity index (χ3n) is 4.47. The molecule has 1 aliphatic carbocycles. The maximum atomic E-state index is 13.2. The van der Waals surface area contributed by atoms with Gasteiger partial charge in [0.25, 0.3) is 0 Å². The van der Waals surface area contributed by atoms with Gasteiger partial charge in [0.15, 0.2) is 0 Å². The van der Waals surface area contributed by atoms with Gasteiger partial charge in [0.1, 0.15) is 5.82 Å². The van der Waals surface area contributed by atoms with Crippen molar-refractivity contribution in [3.8, 4) is 0 Å². The highest BCUT2D eigenvalue weighted by Crippen LogP contribution is 2.40. The predicted octanol–water partition coefficient (Wildman–Crippen LogP) is 4.19. The van der Waals surface area contributed by atoms with Gasteiger partial charge in [-0.15, -0.1) is 0 Å². The zero-order valence-corrected chi connectivity index (χ0v) is 11.6. The number of aryl methyl sites for hydroxylation is 1. The Kier molecular flexibility index (Phi) is 4.39. The molecule has 2 rings (SSSR count). The first-order chi connectivity index (χ1) is 8.65. The normalized spacial score (nSPS) is 18.2. The van der Waals surface area contributed by atoms with E-state index >= 15 is 0 Å². The molecule has 1 aromatic rings. The second-order valence-electron chi connectivity index (χ2n) is 5.75. The van der Waals surface area contributed by atoms with Crippen molar-refractivity contribution < 1.29 is 4.39 Å². The third kappa shape index (κ3) is 3.11. The fraction of sp³-hybridized carbons (Fsp3) is 0.625. The van der Waals surface area contributed by atoms with Crippen LogP contribution in [0, 0.1) is 18.2 Å². The number of nitrogens with one attached hydrogen (secondary N) is 1. The number of rotatable bonds is 5. The topological polar surface area (TPSA) is 12.0 Å². The lowest BCUT2D eigenvalue weighted by molar-refractivity contribution is 0.268. The Morgan fingerprint density at radius 1 is 1.28 bits per heavy atom. The molecule has 0 aliphatic heterocycles. The maximum absolute atomic E-state index is 13.2. The summed E-state index contributed by atoms with van der Waals surface area (Å²) in [7, 11) is 0. The van der Waals surface area contributed by atoms with E-state index in [-0.39, 0.29) is 5.82 Å². The molecule has 1 saturated carbocycles. The molecule has 0 bridgehead atoms. The van der Waals surface area contributed by atoms with Crippen molar-refractivity contribution in [2.24, 2.45) is 5.41 Å². The molecule has 0 atom stereocenters. The van der Waals surface area contributed by atoms with Gasteiger partial charge >= 0.3 is 0 Å². The van der Waals surface area contributed by atoms with E-state index in [4.69, 9.17) is 0 Å². The standard InChI is InChI=1S/C16H24FN/c1-3-16(8-4-5-9-16)12-18-11-14-6-7-15(17)13(2)10-14/h6-7,10,18H,3-5,8-9,11-12H2,1-2H3. The summed E-state index contributed by atoms with van der Waals surface area (Å²) in [6, 6.07) is 5.38. The molecule has 0 unspecified atom stereocenters. The van der Waals surface area contributed by atoms with Crippen molar-refractivity contribution in [3.05, 3.63) is 35.1 Å². The minimum absolute atomic E-state index is 0.112. The summed E-state index contributed by atoms with van der Waals surface area (Å²) in [5.41, 5.74) is 2.44. The maximum Gasteiger partial charge on any atom is 0.126 e. The van der Waals surface area contributed by atoms with E-state index in [0.717, 1.165) is 18.7 Å². The van der Waals surface area contributed by atoms with E-state index in [1.165, 1.54) is 37.7 Å². The largest absolute Gasteiger partial charge is 0.312 e. The average molecular weight is 249 g/mol. The van der Waals surface area contributed by atoms with E-state index in [0.29, 0.717) is 5.41 Å². The smallest absolute Gasteiger partial charge is 0.126 e. The zero-order chi connectivity index (χ0) is 13.0. The highest BCUT2D eigenvalue weighted by atomic mass is 19.1. The summed E-state index contributed by atoms with van der Waals surface area (Å²) < 4.78 is 13.2. The molecular weight excluding hydrogens is 225 g/mol. The molecule has 0 heterocycles. The van der Waals surface area contributed by atoms with Crippen molar-refractivity contribution in [3.63, 3.8) is 0 Å². The second kappa shape index (κ2) is 5.83. The lowest BCUT2D eigenvalue weighted by atomic mass is 9.83. The molecule has 0 spiro atoms. The highest BCUT2D eigenvalue weighted by molar-refractivity contribution is 5.23. The number of hydrogen-bond donors (Lipinski definition) is 1. The van der Waals surface area contributed by atoms with Gasteiger partial charge in [0.2, 0.25) is 0 Å². The lowest BCUT2D eigenvalue weighted by Crippen LogP contribution is -2.31. The lowest BCUT2D eigenvalue weighted by Gasteiger charge is -2.27. The third-order valence-corrected chi connectivity index (χ3v) is 4.47. The summed E-state index contributed by atoms with van der Waals surface area (Å²) in [4.78, 5) is 0. The second-order valence-corrected chi connectivity index (χ2v) is 5.75. The SMILES string of the molecule is CCC1(CNCc2ccc(F)c(C)c2)CCCC1. The Hall–Kier alpha value is -0.890. The van der Waals surface area contributed by atoms with E-state index < -0.39 is 0 Å². The Balaban J connectivity index is 1.86. The summed E-state index contributed by atoms with van der Waals surface area (Å²) in [5, 5.41) is 3.56. The van der Waals surface area contributed by atoms with Gasteiger partial charge in [-0.2, -0.15) is 0 Å². The molecule has 0 radical (unpaired) electrons. The Bertz CT molecular complexity index is 394. The van der Waals surface area contributed by atoms with Crippen LogP contribution >= 0.6 is 0 Å². The number of halogens is 1. The fourth-order valence-electron chi connectivity index (χ4n) is 3.07. The minimum Gasteiger partial charge on any atom is -0.312 e. The molecule has 1 nitrogen and oxygen atoms in total. The van der Waals surface area contributed by atoms with E-state index in [2.05, 4.69) is 12.2 Å². The van der Waals surface area contributed by atoms with Crippen LogP contribution in [0.25, 0.3) is 0 Å². The van der Waals surface area contributed by atoms with Crippen molar-refractivity contribution in [2.75, 3.05) is 6.54 Å². The van der Waals surface area contributed by atoms with Crippen molar-refractivity contribution in [1.29, 1.82) is 0 Å². The summed E-state index contributed by atoms with van der Waals surface area (Å²) in [5.74, 6) is -0.112. The van der Waals surface area contributed by atoms with Gasteiger partial charge in [-0.25, -0.2) is 4.39 Å². The molecular formula is C16H24FN. The average Bonchev–Trinajstić information content (AvgIpc) is 2.83. The molecule has 1 N–H and O–H groups in total. The molecule has 100 valence electrons. The van der Waals surface area contributed by atoms with Crippen molar-refractivity contribution in [1.82, 2.24) is 5.32 Å². The monoisotopic (exact) mass is 249 g/mol. The summed E-state index contributed by atoms with van der Waals surface area (Å²) in [6.45, 7) is 6.07. The van der Waals surface area contributed by atoms with Gasteiger partial charge in [0.05, 0.1) is 0 Å². The van der Waals surface area contributed by atoms with Crippen LogP contribution in [-0.2, 0) is 6.54 Å². The molecule has 0 saturated heterocycles. The number of hydrogen-bond acceptors (Lipinski definition) is 1. The van der Waals surface area contributed by atoms with Crippen LogP contribution in [0.5, 0.6) is 0 Å². The number of benzene rings is 1. The van der Waals surface area contributed by atoms with Crippen LogP contribution in [0.3, 0.4) is 0 Å². The van der Waals surface area contributed by atoms with Crippen molar-refractivity contribution in [2.45, 2.75) is 52.5 Å². The molecule has 2 heteroatoms. The quantitative estimate of drug-likeness (QED) is 0.825. The van der Waals surface area contributed by atoms with E-state index in [1.54, 1.807) is 6.07 Å². The van der Waals surface area contributed by atoms with Gasteiger partial charge in [-0.3, -0.25) is 0 Å². The van der Waals surface area contributed by atoms with Crippen molar-refractivity contribution >= 4 is 0 Å². The van der Waals surface area contributed by atoms with Crippen LogP contribution < -0.4 is 5.32 Å². The molecule has 0 aromatic heterocycles. The Labute approximate surface area is 110 Å². The first-order valence-corrected chi connectivity index (χ1v) is 7.11. The van der Waals surface area contributed by atoms with E-state index in [1.807, 2.05) is 19.1 Å². The molecule has 1 aliphatic rings. The van der Waals surface area contributed by atoms with Gasteiger partial charge in [-0.05, 0) is 48.8 Å². The van der Waals surface area contributed by atoms with Crippen LogP contribution in [0.15, 0.2) is 18.2 Å². The predicted molar refractivity (Wildman–Crippen MR) is 74.0 cm³/mol. The van der Waals surface area contributed by atoms with Gasteiger partial charge in [-0.1, -0.05) is 31.9 Å². The fourth-order valence-corrected chi connectivity index (χ4v) is 3.07.